The van der Waals surface area contributed by atoms with Crippen LogP contribution in [0.3, 0.4) is 0 Å². The summed E-state index contributed by atoms with van der Waals surface area (Å²) in [5.74, 6) is 0. The maximum Gasteiger partial charge on any atom is 0.163 e. The quantitative estimate of drug-likeness (QED) is 0.635. The topological polar surface area (TPSA) is 36.8 Å². The summed E-state index contributed by atoms with van der Waals surface area (Å²) in [6, 6.07) is 30.1. The Kier molecular flexibility index (Phi) is 6.56. The summed E-state index contributed by atoms with van der Waals surface area (Å²) in [6.07, 6.45) is 0. The van der Waals surface area contributed by atoms with Gasteiger partial charge in [-0.1, -0.05) is 91.0 Å². The summed E-state index contributed by atoms with van der Waals surface area (Å²) in [5.41, 5.74) is 2.12. The minimum atomic E-state index is -0.989. The highest BCUT2D eigenvalue weighted by molar-refractivity contribution is 5.35. The molecule has 0 saturated carbocycles. The van der Waals surface area contributed by atoms with E-state index in [9.17, 15) is 5.11 Å². The molecule has 0 saturated heterocycles. The van der Waals surface area contributed by atoms with Crippen molar-refractivity contribution in [1.29, 1.82) is 0 Å². The summed E-state index contributed by atoms with van der Waals surface area (Å²) in [4.78, 5) is 0. The largest absolute Gasteiger partial charge is 1.00 e. The van der Waals surface area contributed by atoms with Crippen LogP contribution in [0.4, 0.5) is 0 Å². The molecule has 0 unspecified atom stereocenters. The molecular formula is C21H22ClNO. The van der Waals surface area contributed by atoms with Gasteiger partial charge in [-0.25, -0.2) is 0 Å². The Balaban J connectivity index is 0.00000208. The van der Waals surface area contributed by atoms with E-state index < -0.39 is 5.60 Å². The SMILES string of the molecule is OC(C[NH2+]Cc1ccccc1)(c1ccccc1)c1ccccc1.[Cl-]. The summed E-state index contributed by atoms with van der Waals surface area (Å²) in [5, 5.41) is 13.6. The molecule has 3 aromatic rings. The Hall–Kier alpha value is -2.13. The van der Waals surface area contributed by atoms with Crippen LogP contribution < -0.4 is 17.7 Å². The third-order valence-electron chi connectivity index (χ3n) is 4.17. The van der Waals surface area contributed by atoms with Crippen molar-refractivity contribution in [1.82, 2.24) is 0 Å². The lowest BCUT2D eigenvalue weighted by Crippen LogP contribution is -3.00. The lowest BCUT2D eigenvalue weighted by molar-refractivity contribution is -0.682. The van der Waals surface area contributed by atoms with E-state index in [1.54, 1.807) is 0 Å². The van der Waals surface area contributed by atoms with Gasteiger partial charge in [0.2, 0.25) is 0 Å². The molecular weight excluding hydrogens is 318 g/mol. The van der Waals surface area contributed by atoms with E-state index in [-0.39, 0.29) is 12.4 Å². The van der Waals surface area contributed by atoms with Crippen LogP contribution in [0.2, 0.25) is 0 Å². The first kappa shape index (κ1) is 18.2. The van der Waals surface area contributed by atoms with Gasteiger partial charge in [-0.15, -0.1) is 0 Å². The van der Waals surface area contributed by atoms with Crippen LogP contribution in [0, 0.1) is 0 Å². The van der Waals surface area contributed by atoms with E-state index in [2.05, 4.69) is 17.4 Å². The number of quaternary nitrogens is 1. The number of hydrogen-bond acceptors (Lipinski definition) is 1. The molecule has 0 aliphatic carbocycles. The van der Waals surface area contributed by atoms with E-state index in [1.807, 2.05) is 78.9 Å². The number of halogens is 1. The van der Waals surface area contributed by atoms with Gasteiger partial charge in [-0.05, 0) is 11.1 Å². The van der Waals surface area contributed by atoms with Crippen molar-refractivity contribution >= 4 is 0 Å². The van der Waals surface area contributed by atoms with Gasteiger partial charge >= 0.3 is 0 Å². The molecule has 0 atom stereocenters. The van der Waals surface area contributed by atoms with E-state index in [0.29, 0.717) is 6.54 Å². The van der Waals surface area contributed by atoms with Gasteiger partial charge in [-0.2, -0.15) is 0 Å². The van der Waals surface area contributed by atoms with Crippen molar-refractivity contribution in [3.8, 4) is 0 Å². The Morgan fingerprint density at radius 3 is 1.54 bits per heavy atom. The number of hydrogen-bond donors (Lipinski definition) is 2. The highest BCUT2D eigenvalue weighted by Gasteiger charge is 2.33. The smallest absolute Gasteiger partial charge is 0.163 e. The van der Waals surface area contributed by atoms with Gasteiger partial charge in [0.1, 0.15) is 13.1 Å². The van der Waals surface area contributed by atoms with Gasteiger partial charge in [-0.3, -0.25) is 0 Å². The molecule has 0 aromatic heterocycles. The first-order valence-corrected chi connectivity index (χ1v) is 7.98. The van der Waals surface area contributed by atoms with Gasteiger partial charge in [0.15, 0.2) is 5.60 Å². The fourth-order valence-corrected chi connectivity index (χ4v) is 2.89. The number of benzene rings is 3. The molecule has 0 aliphatic rings. The maximum absolute atomic E-state index is 11.4. The molecule has 0 radical (unpaired) electrons. The van der Waals surface area contributed by atoms with Crippen LogP contribution in [-0.4, -0.2) is 11.7 Å². The fourth-order valence-electron chi connectivity index (χ4n) is 2.89. The second-order valence-electron chi connectivity index (χ2n) is 5.77. The predicted molar refractivity (Wildman–Crippen MR) is 92.8 cm³/mol. The van der Waals surface area contributed by atoms with Gasteiger partial charge in [0.05, 0.1) is 0 Å². The van der Waals surface area contributed by atoms with Gasteiger partial charge in [0.25, 0.3) is 0 Å². The molecule has 0 fully saturated rings. The Bertz CT molecular complexity index is 677. The average Bonchev–Trinajstić information content (AvgIpc) is 2.64. The molecule has 24 heavy (non-hydrogen) atoms. The molecule has 0 amide bonds. The van der Waals surface area contributed by atoms with Crippen LogP contribution in [0.15, 0.2) is 91.0 Å². The lowest BCUT2D eigenvalue weighted by Gasteiger charge is -2.27. The first-order valence-electron chi connectivity index (χ1n) is 7.98. The van der Waals surface area contributed by atoms with Crippen LogP contribution in [-0.2, 0) is 12.1 Å². The number of nitrogens with two attached hydrogens (primary N) is 1. The van der Waals surface area contributed by atoms with Crippen LogP contribution in [0.1, 0.15) is 16.7 Å². The van der Waals surface area contributed by atoms with E-state index in [4.69, 9.17) is 0 Å². The molecule has 3 rings (SSSR count). The van der Waals surface area contributed by atoms with Gasteiger partial charge in [0, 0.05) is 5.56 Å². The second-order valence-corrected chi connectivity index (χ2v) is 5.77. The summed E-state index contributed by atoms with van der Waals surface area (Å²) < 4.78 is 0. The monoisotopic (exact) mass is 339 g/mol. The lowest BCUT2D eigenvalue weighted by atomic mass is 9.86. The summed E-state index contributed by atoms with van der Waals surface area (Å²) in [6.45, 7) is 1.43. The van der Waals surface area contributed by atoms with Crippen molar-refractivity contribution in [3.05, 3.63) is 108 Å². The molecule has 124 valence electrons. The Morgan fingerprint density at radius 1 is 0.667 bits per heavy atom. The highest BCUT2D eigenvalue weighted by Crippen LogP contribution is 2.27. The van der Waals surface area contributed by atoms with Crippen molar-refractivity contribution in [2.75, 3.05) is 6.54 Å². The first-order chi connectivity index (χ1) is 11.3. The number of aliphatic hydroxyl groups is 1. The molecule has 0 spiro atoms. The maximum atomic E-state index is 11.4. The average molecular weight is 340 g/mol. The van der Waals surface area contributed by atoms with Crippen LogP contribution in [0.25, 0.3) is 0 Å². The van der Waals surface area contributed by atoms with Crippen LogP contribution in [0.5, 0.6) is 0 Å². The molecule has 3 N–H and O–H groups in total. The molecule has 3 aromatic carbocycles. The summed E-state index contributed by atoms with van der Waals surface area (Å²) >= 11 is 0. The van der Waals surface area contributed by atoms with Gasteiger partial charge < -0.3 is 22.8 Å². The van der Waals surface area contributed by atoms with E-state index in [0.717, 1.165) is 17.7 Å². The zero-order valence-electron chi connectivity index (χ0n) is 13.5. The highest BCUT2D eigenvalue weighted by atomic mass is 35.5. The minimum absolute atomic E-state index is 0. The fraction of sp³-hybridized carbons (Fsp3) is 0.143. The van der Waals surface area contributed by atoms with Crippen molar-refractivity contribution in [3.63, 3.8) is 0 Å². The summed E-state index contributed by atoms with van der Waals surface area (Å²) in [7, 11) is 0. The zero-order valence-corrected chi connectivity index (χ0v) is 14.2. The molecule has 2 nitrogen and oxygen atoms in total. The zero-order chi connectivity index (χ0) is 16.0. The number of rotatable bonds is 6. The third kappa shape index (κ3) is 4.24. The van der Waals surface area contributed by atoms with Crippen molar-refractivity contribution in [2.24, 2.45) is 0 Å². The molecule has 0 aliphatic heterocycles. The van der Waals surface area contributed by atoms with Crippen molar-refractivity contribution in [2.45, 2.75) is 12.1 Å². The Labute approximate surface area is 149 Å². The minimum Gasteiger partial charge on any atom is -1.00 e. The predicted octanol–water partition coefficient (Wildman–Crippen LogP) is -0.310. The van der Waals surface area contributed by atoms with Crippen molar-refractivity contribution < 1.29 is 22.8 Å². The van der Waals surface area contributed by atoms with E-state index >= 15 is 0 Å². The standard InChI is InChI=1S/C21H21NO.ClH/c23-21(19-12-6-2-7-13-19,20-14-8-3-9-15-20)17-22-16-18-10-4-1-5-11-18;/h1-15,22-23H,16-17H2;1H. The molecule has 0 bridgehead atoms. The normalized spacial score (nSPS) is 10.9. The Morgan fingerprint density at radius 2 is 1.08 bits per heavy atom. The second kappa shape index (κ2) is 8.65. The van der Waals surface area contributed by atoms with Crippen LogP contribution >= 0.6 is 0 Å². The molecule has 3 heteroatoms. The van der Waals surface area contributed by atoms with E-state index in [1.165, 1.54) is 5.56 Å². The molecule has 0 heterocycles. The third-order valence-corrected chi connectivity index (χ3v) is 4.17.